The molecular weight excluding hydrogens is 206 g/mol. The molecule has 1 aliphatic rings. The molecule has 2 atom stereocenters. The number of oxime groups is 1. The molecule has 2 unspecified atom stereocenters. The van der Waals surface area contributed by atoms with Gasteiger partial charge in [0.2, 0.25) is 0 Å². The molecule has 1 aliphatic heterocycles. The SMILES string of the molecule is CCN(CC(C)C(N)=NO)C1CCCOC1. The summed E-state index contributed by atoms with van der Waals surface area (Å²) in [5.74, 6) is 0.377. The average Bonchev–Trinajstić information content (AvgIpc) is 2.35. The first-order valence-electron chi connectivity index (χ1n) is 5.98. The highest BCUT2D eigenvalue weighted by molar-refractivity contribution is 5.82. The van der Waals surface area contributed by atoms with Crippen molar-refractivity contribution < 1.29 is 9.94 Å². The van der Waals surface area contributed by atoms with Crippen LogP contribution in [0.4, 0.5) is 0 Å². The molecule has 5 heteroatoms. The van der Waals surface area contributed by atoms with E-state index in [2.05, 4.69) is 17.0 Å². The maximum Gasteiger partial charge on any atom is 0.143 e. The summed E-state index contributed by atoms with van der Waals surface area (Å²) >= 11 is 0. The number of hydrogen-bond donors (Lipinski definition) is 2. The summed E-state index contributed by atoms with van der Waals surface area (Å²) in [7, 11) is 0. The van der Waals surface area contributed by atoms with Gasteiger partial charge in [0.1, 0.15) is 5.84 Å². The molecule has 0 radical (unpaired) electrons. The molecule has 3 N–H and O–H groups in total. The fraction of sp³-hybridized carbons (Fsp3) is 0.909. The monoisotopic (exact) mass is 229 g/mol. The van der Waals surface area contributed by atoms with Gasteiger partial charge in [0.15, 0.2) is 0 Å². The number of nitrogens with two attached hydrogens (primary N) is 1. The van der Waals surface area contributed by atoms with Crippen molar-refractivity contribution in [2.45, 2.75) is 32.7 Å². The Bertz CT molecular complexity index is 227. The van der Waals surface area contributed by atoms with Crippen LogP contribution in [0.3, 0.4) is 0 Å². The predicted octanol–water partition coefficient (Wildman–Crippen LogP) is 0.870. The van der Waals surface area contributed by atoms with Gasteiger partial charge in [-0.15, -0.1) is 0 Å². The number of hydrogen-bond acceptors (Lipinski definition) is 4. The first-order chi connectivity index (χ1) is 7.69. The lowest BCUT2D eigenvalue weighted by Crippen LogP contribution is -2.45. The van der Waals surface area contributed by atoms with Crippen LogP contribution in [0, 0.1) is 5.92 Å². The zero-order valence-corrected chi connectivity index (χ0v) is 10.2. The lowest BCUT2D eigenvalue weighted by molar-refractivity contribution is 0.0174. The number of likely N-dealkylation sites (N-methyl/N-ethyl adjacent to an activating group) is 1. The Morgan fingerprint density at radius 3 is 2.94 bits per heavy atom. The Labute approximate surface area is 97.2 Å². The standard InChI is InChI=1S/C11H23N3O2/c1-3-14(7-9(2)11(12)13-15)10-5-4-6-16-8-10/h9-10,15H,3-8H2,1-2H3,(H2,12,13). The van der Waals surface area contributed by atoms with Gasteiger partial charge in [0.25, 0.3) is 0 Å². The Morgan fingerprint density at radius 2 is 2.44 bits per heavy atom. The molecule has 0 spiro atoms. The predicted molar refractivity (Wildman–Crippen MR) is 63.7 cm³/mol. The van der Waals surface area contributed by atoms with Crippen LogP contribution in [-0.4, -0.2) is 48.3 Å². The molecule has 0 aromatic carbocycles. The summed E-state index contributed by atoms with van der Waals surface area (Å²) in [6.07, 6.45) is 2.30. The summed E-state index contributed by atoms with van der Waals surface area (Å²) in [5.41, 5.74) is 5.59. The molecule has 1 rings (SSSR count). The van der Waals surface area contributed by atoms with Crippen molar-refractivity contribution in [1.82, 2.24) is 4.90 Å². The summed E-state index contributed by atoms with van der Waals surface area (Å²) in [4.78, 5) is 2.35. The van der Waals surface area contributed by atoms with Gasteiger partial charge in [-0.05, 0) is 19.4 Å². The highest BCUT2D eigenvalue weighted by Gasteiger charge is 2.22. The molecule has 0 aromatic heterocycles. The quantitative estimate of drug-likeness (QED) is 0.317. The van der Waals surface area contributed by atoms with Crippen LogP contribution in [0.15, 0.2) is 5.16 Å². The van der Waals surface area contributed by atoms with E-state index in [9.17, 15) is 0 Å². The Hall–Kier alpha value is -0.810. The normalized spacial score (nSPS) is 24.7. The molecule has 0 saturated carbocycles. The van der Waals surface area contributed by atoms with Crippen molar-refractivity contribution in [2.24, 2.45) is 16.8 Å². The van der Waals surface area contributed by atoms with Gasteiger partial charge in [0, 0.05) is 25.1 Å². The summed E-state index contributed by atoms with van der Waals surface area (Å²) in [5, 5.41) is 11.7. The van der Waals surface area contributed by atoms with Crippen LogP contribution in [0.1, 0.15) is 26.7 Å². The van der Waals surface area contributed by atoms with Crippen LogP contribution in [-0.2, 0) is 4.74 Å². The van der Waals surface area contributed by atoms with Gasteiger partial charge in [-0.2, -0.15) is 0 Å². The number of amidine groups is 1. The van der Waals surface area contributed by atoms with Gasteiger partial charge in [-0.1, -0.05) is 19.0 Å². The fourth-order valence-electron chi connectivity index (χ4n) is 2.09. The number of ether oxygens (including phenoxy) is 1. The lowest BCUT2D eigenvalue weighted by Gasteiger charge is -2.34. The van der Waals surface area contributed by atoms with E-state index in [0.29, 0.717) is 11.9 Å². The van der Waals surface area contributed by atoms with Crippen molar-refractivity contribution >= 4 is 5.84 Å². The van der Waals surface area contributed by atoms with Crippen LogP contribution in [0.2, 0.25) is 0 Å². The Morgan fingerprint density at radius 1 is 1.69 bits per heavy atom. The molecule has 1 fully saturated rings. The summed E-state index contributed by atoms with van der Waals surface area (Å²) < 4.78 is 5.48. The molecule has 16 heavy (non-hydrogen) atoms. The van der Waals surface area contributed by atoms with Crippen molar-refractivity contribution in [2.75, 3.05) is 26.3 Å². The van der Waals surface area contributed by atoms with Crippen molar-refractivity contribution in [3.63, 3.8) is 0 Å². The second-order valence-electron chi connectivity index (χ2n) is 4.38. The van der Waals surface area contributed by atoms with E-state index < -0.39 is 0 Å². The minimum Gasteiger partial charge on any atom is -0.409 e. The van der Waals surface area contributed by atoms with Crippen LogP contribution in [0.25, 0.3) is 0 Å². The lowest BCUT2D eigenvalue weighted by atomic mass is 10.1. The van der Waals surface area contributed by atoms with Crippen LogP contribution >= 0.6 is 0 Å². The number of nitrogens with zero attached hydrogens (tertiary/aromatic N) is 2. The zero-order valence-electron chi connectivity index (χ0n) is 10.2. The van der Waals surface area contributed by atoms with Gasteiger partial charge >= 0.3 is 0 Å². The molecule has 0 amide bonds. The number of rotatable bonds is 5. The maximum atomic E-state index is 8.62. The van der Waals surface area contributed by atoms with Crippen molar-refractivity contribution in [3.05, 3.63) is 0 Å². The maximum absolute atomic E-state index is 8.62. The first-order valence-corrected chi connectivity index (χ1v) is 5.98. The summed E-state index contributed by atoms with van der Waals surface area (Å²) in [6.45, 7) is 7.58. The van der Waals surface area contributed by atoms with Gasteiger partial charge in [0.05, 0.1) is 6.61 Å². The first kappa shape index (κ1) is 13.3. The van der Waals surface area contributed by atoms with Crippen molar-refractivity contribution in [1.29, 1.82) is 0 Å². The third kappa shape index (κ3) is 3.64. The van der Waals surface area contributed by atoms with E-state index in [1.165, 1.54) is 6.42 Å². The molecular formula is C11H23N3O2. The third-order valence-electron chi connectivity index (χ3n) is 3.19. The molecule has 1 heterocycles. The highest BCUT2D eigenvalue weighted by atomic mass is 16.5. The van der Waals surface area contributed by atoms with E-state index in [-0.39, 0.29) is 5.92 Å². The van der Waals surface area contributed by atoms with Crippen LogP contribution in [0.5, 0.6) is 0 Å². The molecule has 94 valence electrons. The zero-order chi connectivity index (χ0) is 12.0. The molecule has 0 aromatic rings. The second-order valence-corrected chi connectivity index (χ2v) is 4.38. The van der Waals surface area contributed by atoms with E-state index in [4.69, 9.17) is 15.7 Å². The molecule has 0 aliphatic carbocycles. The Balaban J connectivity index is 2.47. The molecule has 1 saturated heterocycles. The van der Waals surface area contributed by atoms with Crippen LogP contribution < -0.4 is 5.73 Å². The van der Waals surface area contributed by atoms with E-state index >= 15 is 0 Å². The summed E-state index contributed by atoms with van der Waals surface area (Å²) in [6, 6.07) is 0.479. The molecule has 0 bridgehead atoms. The Kier molecular flexibility index (Phi) is 5.55. The van der Waals surface area contributed by atoms with Crippen molar-refractivity contribution in [3.8, 4) is 0 Å². The molecule has 5 nitrogen and oxygen atoms in total. The van der Waals surface area contributed by atoms with E-state index in [1.54, 1.807) is 0 Å². The van der Waals surface area contributed by atoms with E-state index in [1.807, 2.05) is 6.92 Å². The topological polar surface area (TPSA) is 71.1 Å². The third-order valence-corrected chi connectivity index (χ3v) is 3.19. The van der Waals surface area contributed by atoms with Gasteiger partial charge < -0.3 is 15.7 Å². The fourth-order valence-corrected chi connectivity index (χ4v) is 2.09. The minimum absolute atomic E-state index is 0.0758. The van der Waals surface area contributed by atoms with E-state index in [0.717, 1.165) is 32.7 Å². The van der Waals surface area contributed by atoms with Gasteiger partial charge in [-0.25, -0.2) is 0 Å². The minimum atomic E-state index is 0.0758. The smallest absolute Gasteiger partial charge is 0.143 e. The second kappa shape index (κ2) is 6.70. The van der Waals surface area contributed by atoms with Gasteiger partial charge in [-0.3, -0.25) is 4.90 Å². The largest absolute Gasteiger partial charge is 0.409 e. The highest BCUT2D eigenvalue weighted by Crippen LogP contribution is 2.14. The average molecular weight is 229 g/mol.